The zero-order valence-corrected chi connectivity index (χ0v) is 18.0. The average molecular weight is 467 g/mol. The van der Waals surface area contributed by atoms with Gasteiger partial charge in [0.1, 0.15) is 22.5 Å². The van der Waals surface area contributed by atoms with E-state index in [0.717, 1.165) is 27.0 Å². The number of aromatic nitrogens is 3. The molecule has 4 rings (SSSR count). The maximum Gasteiger partial charge on any atom is 0.262 e. The Morgan fingerprint density at radius 1 is 1.00 bits per heavy atom. The van der Waals surface area contributed by atoms with Crippen LogP contribution in [0.25, 0.3) is 16.7 Å². The second kappa shape index (κ2) is 8.54. The molecular formula is C22H19BrN4O3. The van der Waals surface area contributed by atoms with Gasteiger partial charge in [-0.2, -0.15) is 4.80 Å². The third kappa shape index (κ3) is 4.44. The maximum atomic E-state index is 12.3. The molecule has 0 saturated carbocycles. The summed E-state index contributed by atoms with van der Waals surface area (Å²) in [5.41, 5.74) is 3.81. The van der Waals surface area contributed by atoms with Crippen molar-refractivity contribution in [1.82, 2.24) is 15.0 Å². The van der Waals surface area contributed by atoms with E-state index in [0.29, 0.717) is 17.0 Å². The van der Waals surface area contributed by atoms with Crippen LogP contribution in [0.5, 0.6) is 11.5 Å². The predicted molar refractivity (Wildman–Crippen MR) is 118 cm³/mol. The number of ether oxygens (including phenoxy) is 2. The van der Waals surface area contributed by atoms with Crippen LogP contribution in [0.15, 0.2) is 65.1 Å². The predicted octanol–water partition coefficient (Wildman–Crippen LogP) is 4.52. The van der Waals surface area contributed by atoms with Gasteiger partial charge < -0.3 is 14.8 Å². The Labute approximate surface area is 181 Å². The van der Waals surface area contributed by atoms with E-state index >= 15 is 0 Å². The molecule has 7 nitrogen and oxygen atoms in total. The van der Waals surface area contributed by atoms with Crippen LogP contribution in [-0.2, 0) is 4.79 Å². The number of carbonyl (C=O) groups excluding carboxylic acids is 1. The number of hydrogen-bond acceptors (Lipinski definition) is 5. The van der Waals surface area contributed by atoms with Crippen LogP contribution in [0.2, 0.25) is 0 Å². The number of benzene rings is 3. The smallest absolute Gasteiger partial charge is 0.262 e. The van der Waals surface area contributed by atoms with Crippen LogP contribution in [0, 0.1) is 6.92 Å². The van der Waals surface area contributed by atoms with Crippen molar-refractivity contribution in [2.75, 3.05) is 19.0 Å². The molecule has 0 aliphatic carbocycles. The normalized spacial score (nSPS) is 10.8. The molecule has 0 fully saturated rings. The topological polar surface area (TPSA) is 78.3 Å². The standard InChI is InChI=1S/C22H19BrN4O3/c1-14-11-20-21(26-27(25-20)16-5-9-17(29-2)10-6-16)12-19(14)24-22(28)13-30-18-7-3-15(23)4-8-18/h3-12H,13H2,1-2H3,(H,24,28). The molecule has 4 aromatic rings. The molecule has 0 radical (unpaired) electrons. The second-order valence-electron chi connectivity index (χ2n) is 6.63. The van der Waals surface area contributed by atoms with Gasteiger partial charge in [0, 0.05) is 10.2 Å². The van der Waals surface area contributed by atoms with Gasteiger partial charge in [-0.25, -0.2) is 0 Å². The van der Waals surface area contributed by atoms with Crippen molar-refractivity contribution in [3.05, 3.63) is 70.7 Å². The van der Waals surface area contributed by atoms with Crippen LogP contribution in [-0.4, -0.2) is 34.6 Å². The molecule has 1 amide bonds. The minimum absolute atomic E-state index is 0.0857. The van der Waals surface area contributed by atoms with Crippen molar-refractivity contribution < 1.29 is 14.3 Å². The number of nitrogens with one attached hydrogen (secondary N) is 1. The van der Waals surface area contributed by atoms with Crippen LogP contribution in [0.3, 0.4) is 0 Å². The zero-order valence-electron chi connectivity index (χ0n) is 16.4. The Kier molecular flexibility index (Phi) is 5.67. The number of carbonyl (C=O) groups is 1. The van der Waals surface area contributed by atoms with Gasteiger partial charge in [0.25, 0.3) is 5.91 Å². The number of aryl methyl sites for hydroxylation is 1. The quantitative estimate of drug-likeness (QED) is 0.451. The van der Waals surface area contributed by atoms with Crippen molar-refractivity contribution in [3.63, 3.8) is 0 Å². The largest absolute Gasteiger partial charge is 0.497 e. The number of hydrogen-bond donors (Lipinski definition) is 1. The van der Waals surface area contributed by atoms with Gasteiger partial charge in [0.15, 0.2) is 6.61 Å². The molecule has 0 spiro atoms. The molecule has 0 bridgehead atoms. The van der Waals surface area contributed by atoms with E-state index in [1.165, 1.54) is 0 Å². The third-order valence-corrected chi connectivity index (χ3v) is 5.02. The Hall–Kier alpha value is -3.39. The maximum absolute atomic E-state index is 12.3. The lowest BCUT2D eigenvalue weighted by Gasteiger charge is -2.09. The highest BCUT2D eigenvalue weighted by Crippen LogP contribution is 2.23. The molecule has 8 heteroatoms. The highest BCUT2D eigenvalue weighted by Gasteiger charge is 2.11. The van der Waals surface area contributed by atoms with Crippen LogP contribution in [0.4, 0.5) is 5.69 Å². The molecular weight excluding hydrogens is 448 g/mol. The summed E-state index contributed by atoms with van der Waals surface area (Å²) in [6.07, 6.45) is 0. The molecule has 0 unspecified atom stereocenters. The number of amides is 1. The van der Waals surface area contributed by atoms with E-state index in [1.807, 2.05) is 55.5 Å². The Bertz CT molecular complexity index is 1190. The summed E-state index contributed by atoms with van der Waals surface area (Å²) in [4.78, 5) is 13.9. The summed E-state index contributed by atoms with van der Waals surface area (Å²) in [7, 11) is 1.62. The second-order valence-corrected chi connectivity index (χ2v) is 7.55. The van der Waals surface area contributed by atoms with Gasteiger partial charge in [-0.3, -0.25) is 4.79 Å². The third-order valence-electron chi connectivity index (χ3n) is 4.49. The summed E-state index contributed by atoms with van der Waals surface area (Å²) in [5.74, 6) is 1.15. The summed E-state index contributed by atoms with van der Waals surface area (Å²) < 4.78 is 11.7. The first kappa shape index (κ1) is 19.9. The van der Waals surface area contributed by atoms with Gasteiger partial charge in [0.2, 0.25) is 0 Å². The SMILES string of the molecule is COc1ccc(-n2nc3cc(C)c(NC(=O)COc4ccc(Br)cc4)cc3n2)cc1. The van der Waals surface area contributed by atoms with Crippen molar-refractivity contribution in [2.24, 2.45) is 0 Å². The molecule has 0 saturated heterocycles. The monoisotopic (exact) mass is 466 g/mol. The number of halogens is 1. The van der Waals surface area contributed by atoms with E-state index in [9.17, 15) is 4.79 Å². The van der Waals surface area contributed by atoms with Crippen molar-refractivity contribution in [3.8, 4) is 17.2 Å². The fourth-order valence-electron chi connectivity index (χ4n) is 2.90. The molecule has 1 aromatic heterocycles. The van der Waals surface area contributed by atoms with Crippen LogP contribution >= 0.6 is 15.9 Å². The summed E-state index contributed by atoms with van der Waals surface area (Å²) in [6, 6.07) is 18.5. The van der Waals surface area contributed by atoms with Crippen LogP contribution < -0.4 is 14.8 Å². The molecule has 152 valence electrons. The molecule has 1 heterocycles. The van der Waals surface area contributed by atoms with E-state index < -0.39 is 0 Å². The van der Waals surface area contributed by atoms with Crippen molar-refractivity contribution in [1.29, 1.82) is 0 Å². The zero-order chi connectivity index (χ0) is 21.1. The molecule has 30 heavy (non-hydrogen) atoms. The van der Waals surface area contributed by atoms with Crippen molar-refractivity contribution >= 4 is 38.6 Å². The Morgan fingerprint density at radius 2 is 1.63 bits per heavy atom. The van der Waals surface area contributed by atoms with Gasteiger partial charge in [0.05, 0.1) is 12.8 Å². The Morgan fingerprint density at radius 3 is 2.30 bits per heavy atom. The van der Waals surface area contributed by atoms with E-state index in [4.69, 9.17) is 9.47 Å². The first-order chi connectivity index (χ1) is 14.5. The minimum Gasteiger partial charge on any atom is -0.497 e. The molecule has 3 aromatic carbocycles. The van der Waals surface area contributed by atoms with E-state index in [-0.39, 0.29) is 12.5 Å². The molecule has 0 aliphatic rings. The number of fused-ring (bicyclic) bond motifs is 1. The van der Waals surface area contributed by atoms with Gasteiger partial charge in [-0.1, -0.05) is 15.9 Å². The minimum atomic E-state index is -0.247. The number of rotatable bonds is 6. The first-order valence-corrected chi connectivity index (χ1v) is 10.0. The van der Waals surface area contributed by atoms with Crippen molar-refractivity contribution in [2.45, 2.75) is 6.92 Å². The highest BCUT2D eigenvalue weighted by atomic mass is 79.9. The lowest BCUT2D eigenvalue weighted by Crippen LogP contribution is -2.20. The summed E-state index contributed by atoms with van der Waals surface area (Å²) in [5, 5.41) is 11.9. The number of methoxy groups -OCH3 is 1. The number of anilines is 1. The van der Waals surface area contributed by atoms with Crippen LogP contribution in [0.1, 0.15) is 5.56 Å². The fourth-order valence-corrected chi connectivity index (χ4v) is 3.16. The molecule has 0 atom stereocenters. The van der Waals surface area contributed by atoms with Gasteiger partial charge in [-0.05, 0) is 73.2 Å². The molecule has 1 N–H and O–H groups in total. The lowest BCUT2D eigenvalue weighted by molar-refractivity contribution is -0.118. The van der Waals surface area contributed by atoms with Gasteiger partial charge >= 0.3 is 0 Å². The lowest BCUT2D eigenvalue weighted by atomic mass is 10.1. The van der Waals surface area contributed by atoms with E-state index in [1.54, 1.807) is 24.0 Å². The van der Waals surface area contributed by atoms with E-state index in [2.05, 4.69) is 31.4 Å². The highest BCUT2D eigenvalue weighted by molar-refractivity contribution is 9.10. The van der Waals surface area contributed by atoms with Gasteiger partial charge in [-0.15, -0.1) is 10.2 Å². The average Bonchev–Trinajstić information content (AvgIpc) is 3.16. The fraction of sp³-hybridized carbons (Fsp3) is 0.136. The number of nitrogens with zero attached hydrogens (tertiary/aromatic N) is 3. The molecule has 0 aliphatic heterocycles. The summed E-state index contributed by atoms with van der Waals surface area (Å²) in [6.45, 7) is 1.83. The Balaban J connectivity index is 1.49. The first-order valence-electron chi connectivity index (χ1n) is 9.22. The summed E-state index contributed by atoms with van der Waals surface area (Å²) >= 11 is 3.37.